The number of esters is 3. The van der Waals surface area contributed by atoms with Crippen LogP contribution in [0.5, 0.6) is 11.5 Å². The van der Waals surface area contributed by atoms with Gasteiger partial charge in [-0.1, -0.05) is 50.5 Å². The van der Waals surface area contributed by atoms with Crippen molar-refractivity contribution in [3.63, 3.8) is 0 Å². The Kier molecular flexibility index (Phi) is 16.7. The fraction of sp³-hybridized carbons (Fsp3) is 0.475. The lowest BCUT2D eigenvalue weighted by Crippen LogP contribution is -2.68. The molecule has 0 heterocycles. The first-order valence-electron chi connectivity index (χ1n) is 18.3. The van der Waals surface area contributed by atoms with Crippen molar-refractivity contribution in [1.29, 1.82) is 0 Å². The van der Waals surface area contributed by atoms with Crippen molar-refractivity contribution in [2.45, 2.75) is 108 Å². The average molecular weight is 861 g/mol. The summed E-state index contributed by atoms with van der Waals surface area (Å²) in [5.41, 5.74) is 1.30. The summed E-state index contributed by atoms with van der Waals surface area (Å²) >= 11 is 0. The highest BCUT2D eigenvalue weighted by molar-refractivity contribution is 5.92. The molecule has 0 saturated heterocycles. The summed E-state index contributed by atoms with van der Waals surface area (Å²) in [5, 5.41) is 0. The van der Waals surface area contributed by atoms with Gasteiger partial charge in [-0.3, -0.25) is 0 Å². The lowest BCUT2D eigenvalue weighted by atomic mass is 9.98. The molecule has 0 fully saturated rings. The van der Waals surface area contributed by atoms with Crippen molar-refractivity contribution in [1.82, 2.24) is 0 Å². The van der Waals surface area contributed by atoms with Crippen molar-refractivity contribution < 1.29 is 86.0 Å². The number of alkyl halides is 11. The molecule has 19 heteroatoms. The van der Waals surface area contributed by atoms with E-state index in [1.54, 1.807) is 43.3 Å². The summed E-state index contributed by atoms with van der Waals surface area (Å²) in [6, 6.07) is 16.3. The van der Waals surface area contributed by atoms with Crippen LogP contribution in [-0.2, 0) is 14.3 Å². The zero-order valence-corrected chi connectivity index (χ0v) is 31.6. The SMILES string of the molecule is CCCCCC[C@H](C)OC(=O)c1ccc(OC(=O)c2ccc(-c3ccc(OCCCCCCOC(=O)C(F)(F)C(F)(F)C(F)(F)C(F)(F)C(F)(F)F)cc3)cc2)cc1F. The number of hydrogen-bond acceptors (Lipinski definition) is 7. The maximum absolute atomic E-state index is 14.7. The van der Waals surface area contributed by atoms with Gasteiger partial charge in [-0.25, -0.2) is 18.8 Å². The summed E-state index contributed by atoms with van der Waals surface area (Å²) < 4.78 is 178. The van der Waals surface area contributed by atoms with Gasteiger partial charge in [0.05, 0.1) is 30.4 Å². The third-order valence-corrected chi connectivity index (χ3v) is 8.79. The minimum absolute atomic E-state index is 0.0989. The molecular weight excluding hydrogens is 820 g/mol. The normalized spacial score (nSPS) is 13.1. The molecule has 59 heavy (non-hydrogen) atoms. The summed E-state index contributed by atoms with van der Waals surface area (Å²) in [5.74, 6) is -35.1. The van der Waals surface area contributed by atoms with Gasteiger partial charge in [0.2, 0.25) is 0 Å². The van der Waals surface area contributed by atoms with E-state index in [1.165, 1.54) is 24.3 Å². The van der Waals surface area contributed by atoms with Crippen LogP contribution in [0.2, 0.25) is 0 Å². The Morgan fingerprint density at radius 1 is 0.610 bits per heavy atom. The second-order valence-corrected chi connectivity index (χ2v) is 13.4. The van der Waals surface area contributed by atoms with E-state index in [0.29, 0.717) is 30.6 Å². The number of rotatable bonds is 22. The first-order chi connectivity index (χ1) is 27.5. The van der Waals surface area contributed by atoms with Gasteiger partial charge in [0.1, 0.15) is 17.3 Å². The monoisotopic (exact) mass is 860 g/mol. The topological polar surface area (TPSA) is 88.1 Å². The van der Waals surface area contributed by atoms with Crippen LogP contribution in [0.4, 0.5) is 52.7 Å². The minimum Gasteiger partial charge on any atom is -0.494 e. The molecule has 3 aromatic carbocycles. The Labute approximate surface area is 330 Å². The van der Waals surface area contributed by atoms with Crippen molar-refractivity contribution in [3.05, 3.63) is 83.7 Å². The van der Waals surface area contributed by atoms with E-state index in [1.807, 2.05) is 0 Å². The van der Waals surface area contributed by atoms with Crippen LogP contribution in [0.1, 0.15) is 92.4 Å². The van der Waals surface area contributed by atoms with E-state index in [2.05, 4.69) is 11.7 Å². The Bertz CT molecular complexity index is 1850. The Morgan fingerprint density at radius 2 is 1.15 bits per heavy atom. The molecule has 326 valence electrons. The van der Waals surface area contributed by atoms with Gasteiger partial charge in [-0.05, 0) is 93.0 Å². The number of carbonyl (C=O) groups is 3. The molecule has 7 nitrogen and oxygen atoms in total. The third-order valence-electron chi connectivity index (χ3n) is 8.79. The van der Waals surface area contributed by atoms with E-state index >= 15 is 0 Å². The second kappa shape index (κ2) is 20.3. The van der Waals surface area contributed by atoms with E-state index in [-0.39, 0.29) is 42.4 Å². The molecule has 0 amide bonds. The van der Waals surface area contributed by atoms with Crippen LogP contribution >= 0.6 is 0 Å². The average Bonchev–Trinajstić information content (AvgIpc) is 3.17. The Morgan fingerprint density at radius 3 is 1.71 bits per heavy atom. The quantitative estimate of drug-likeness (QED) is 0.0430. The lowest BCUT2D eigenvalue weighted by Gasteiger charge is -2.36. The van der Waals surface area contributed by atoms with Gasteiger partial charge in [0.25, 0.3) is 0 Å². The van der Waals surface area contributed by atoms with Crippen molar-refractivity contribution in [2.75, 3.05) is 13.2 Å². The van der Waals surface area contributed by atoms with Crippen LogP contribution in [0.15, 0.2) is 66.7 Å². The van der Waals surface area contributed by atoms with Gasteiger partial charge < -0.3 is 18.9 Å². The molecule has 3 rings (SSSR count). The van der Waals surface area contributed by atoms with Crippen LogP contribution in [-0.4, -0.2) is 67.1 Å². The molecule has 0 aliphatic carbocycles. The van der Waals surface area contributed by atoms with Gasteiger partial charge in [0, 0.05) is 6.07 Å². The molecule has 0 saturated carbocycles. The molecule has 0 aromatic heterocycles. The zero-order chi connectivity index (χ0) is 44.2. The Balaban J connectivity index is 1.40. The smallest absolute Gasteiger partial charge is 0.460 e. The van der Waals surface area contributed by atoms with Crippen molar-refractivity contribution in [3.8, 4) is 22.6 Å². The van der Waals surface area contributed by atoms with Crippen molar-refractivity contribution >= 4 is 17.9 Å². The summed E-state index contributed by atoms with van der Waals surface area (Å²) in [6.07, 6.45) is -2.59. The highest BCUT2D eigenvalue weighted by Crippen LogP contribution is 2.57. The largest absolute Gasteiger partial charge is 0.494 e. The highest BCUT2D eigenvalue weighted by Gasteiger charge is 2.89. The fourth-order valence-electron chi connectivity index (χ4n) is 5.30. The highest BCUT2D eigenvalue weighted by atomic mass is 19.4. The molecule has 0 aliphatic heterocycles. The predicted octanol–water partition coefficient (Wildman–Crippen LogP) is 11.8. The van der Waals surface area contributed by atoms with Crippen molar-refractivity contribution in [2.24, 2.45) is 0 Å². The zero-order valence-electron chi connectivity index (χ0n) is 31.6. The van der Waals surface area contributed by atoms with Crippen LogP contribution < -0.4 is 9.47 Å². The van der Waals surface area contributed by atoms with Crippen LogP contribution in [0, 0.1) is 5.82 Å². The van der Waals surface area contributed by atoms with E-state index < -0.39 is 60.2 Å². The summed E-state index contributed by atoms with van der Waals surface area (Å²) in [4.78, 5) is 36.5. The molecule has 1 atom stereocenters. The van der Waals surface area contributed by atoms with E-state index in [0.717, 1.165) is 37.3 Å². The number of ether oxygens (including phenoxy) is 4. The molecule has 3 aromatic rings. The molecule has 0 bridgehead atoms. The number of halogens is 12. The minimum atomic E-state index is -7.70. The third kappa shape index (κ3) is 12.1. The fourth-order valence-corrected chi connectivity index (χ4v) is 5.30. The first kappa shape index (κ1) is 48.4. The molecule has 0 N–H and O–H groups in total. The van der Waals surface area contributed by atoms with Gasteiger partial charge in [-0.2, -0.15) is 48.3 Å². The second-order valence-electron chi connectivity index (χ2n) is 13.4. The number of hydrogen-bond donors (Lipinski definition) is 0. The Hall–Kier alpha value is -4.97. The summed E-state index contributed by atoms with van der Waals surface area (Å²) in [6.45, 7) is 2.89. The van der Waals surface area contributed by atoms with Gasteiger partial charge >= 0.3 is 47.8 Å². The number of carbonyl (C=O) groups excluding carboxylic acids is 3. The number of unbranched alkanes of at least 4 members (excludes halogenated alkanes) is 6. The van der Waals surface area contributed by atoms with Crippen LogP contribution in [0.3, 0.4) is 0 Å². The lowest BCUT2D eigenvalue weighted by molar-refractivity contribution is -0.418. The van der Waals surface area contributed by atoms with Crippen LogP contribution in [0.25, 0.3) is 11.1 Å². The molecule has 0 unspecified atom stereocenters. The van der Waals surface area contributed by atoms with E-state index in [4.69, 9.17) is 14.2 Å². The molecule has 0 radical (unpaired) electrons. The number of benzene rings is 3. The first-order valence-corrected chi connectivity index (χ1v) is 18.3. The predicted molar refractivity (Wildman–Crippen MR) is 188 cm³/mol. The molecule has 0 spiro atoms. The molecular formula is C40H40F12O7. The maximum Gasteiger partial charge on any atom is 0.460 e. The van der Waals surface area contributed by atoms with Gasteiger partial charge in [0.15, 0.2) is 0 Å². The molecule has 0 aliphatic rings. The maximum atomic E-state index is 14.7. The summed E-state index contributed by atoms with van der Waals surface area (Å²) in [7, 11) is 0. The van der Waals surface area contributed by atoms with E-state index in [9.17, 15) is 67.1 Å². The van der Waals surface area contributed by atoms with Gasteiger partial charge in [-0.15, -0.1) is 0 Å². The standard InChI is InChI=1S/C40H40F12O7/c1-3-4-5-8-11-25(2)58-34(54)31-21-20-30(24-32(31)41)59-33(53)28-14-12-26(13-15-28)27-16-18-29(19-17-27)56-22-9-6-7-10-23-57-35(55)36(42,43)37(44,45)38(46,47)39(48,49)40(50,51)52/h12-21,24-25H,3-11,22-23H2,1-2H3/t25-/m0/s1.